The van der Waals surface area contributed by atoms with Gasteiger partial charge in [-0.25, -0.2) is 12.8 Å². The van der Waals surface area contributed by atoms with E-state index in [1.807, 2.05) is 0 Å². The van der Waals surface area contributed by atoms with Gasteiger partial charge in [0.15, 0.2) is 4.90 Å². The predicted octanol–water partition coefficient (Wildman–Crippen LogP) is 1.97. The first-order valence-corrected chi connectivity index (χ1v) is 6.91. The molecule has 0 bridgehead atoms. The second-order valence-electron chi connectivity index (χ2n) is 3.60. The van der Waals surface area contributed by atoms with Crippen LogP contribution in [0.2, 0.25) is 5.02 Å². The number of benzene rings is 1. The molecule has 1 aromatic heterocycles. The highest BCUT2D eigenvalue weighted by Crippen LogP contribution is 2.24. The highest BCUT2D eigenvalue weighted by Gasteiger charge is 2.19. The normalized spacial score (nSPS) is 11.3. The lowest BCUT2D eigenvalue weighted by Gasteiger charge is -2.08. The molecule has 0 aliphatic carbocycles. The fraction of sp³-hybridized carbons (Fsp3) is 0. The first-order valence-electron chi connectivity index (χ1n) is 5.05. The first kappa shape index (κ1) is 13.6. The lowest BCUT2D eigenvalue weighted by Crippen LogP contribution is -2.21. The Balaban J connectivity index is 2.45. The Morgan fingerprint density at radius 1 is 1.26 bits per heavy atom. The van der Waals surface area contributed by atoms with Gasteiger partial charge in [0.25, 0.3) is 10.0 Å². The molecule has 0 amide bonds. The quantitative estimate of drug-likeness (QED) is 0.910. The first-order chi connectivity index (χ1) is 8.90. The second kappa shape index (κ2) is 5.02. The summed E-state index contributed by atoms with van der Waals surface area (Å²) in [4.78, 5) is 13.5. The van der Waals surface area contributed by atoms with Crippen molar-refractivity contribution in [1.82, 2.24) is 4.98 Å². The van der Waals surface area contributed by atoms with Crippen molar-refractivity contribution < 1.29 is 12.8 Å². The second-order valence-corrected chi connectivity index (χ2v) is 5.66. The Bertz CT molecular complexity index is 774. The molecule has 5 nitrogen and oxygen atoms in total. The number of rotatable bonds is 3. The van der Waals surface area contributed by atoms with Crippen LogP contribution >= 0.6 is 11.6 Å². The third kappa shape index (κ3) is 2.94. The number of hydrogen-bond donors (Lipinski definition) is 2. The number of H-pyrrole nitrogens is 1. The number of sulfonamides is 1. The molecule has 0 atom stereocenters. The summed E-state index contributed by atoms with van der Waals surface area (Å²) in [6.07, 6.45) is 2.34. The summed E-state index contributed by atoms with van der Waals surface area (Å²) >= 11 is 5.75. The molecule has 0 unspecified atom stereocenters. The third-order valence-electron chi connectivity index (χ3n) is 2.25. The third-order valence-corrected chi connectivity index (χ3v) is 3.97. The zero-order valence-corrected chi connectivity index (χ0v) is 10.9. The molecule has 2 rings (SSSR count). The molecule has 100 valence electrons. The Hall–Kier alpha value is -1.86. The molecule has 2 aromatic rings. The maximum absolute atomic E-state index is 13.0. The average molecular weight is 303 g/mol. The van der Waals surface area contributed by atoms with Gasteiger partial charge in [-0.05, 0) is 18.2 Å². The summed E-state index contributed by atoms with van der Waals surface area (Å²) in [5, 5.41) is 0.0253. The fourth-order valence-electron chi connectivity index (χ4n) is 1.39. The van der Waals surface area contributed by atoms with E-state index < -0.39 is 26.2 Å². The van der Waals surface area contributed by atoms with Crippen LogP contribution in [0.5, 0.6) is 0 Å². The van der Waals surface area contributed by atoms with E-state index in [0.717, 1.165) is 24.4 Å². The fourth-order valence-corrected chi connectivity index (χ4v) is 2.73. The molecule has 0 saturated carbocycles. The molecule has 1 heterocycles. The minimum atomic E-state index is -4.13. The van der Waals surface area contributed by atoms with Crippen molar-refractivity contribution in [3.05, 3.63) is 57.7 Å². The van der Waals surface area contributed by atoms with Gasteiger partial charge in [-0.3, -0.25) is 9.52 Å². The van der Waals surface area contributed by atoms with Crippen LogP contribution in [-0.4, -0.2) is 13.4 Å². The Kier molecular flexibility index (Phi) is 3.59. The molecular formula is C11H8ClFN2O3S. The minimum absolute atomic E-state index is 0.0253. The predicted molar refractivity (Wildman–Crippen MR) is 69.3 cm³/mol. The summed E-state index contributed by atoms with van der Waals surface area (Å²) in [5.74, 6) is -0.649. The summed E-state index contributed by atoms with van der Waals surface area (Å²) < 4.78 is 39.1. The lowest BCUT2D eigenvalue weighted by atomic mass is 10.3. The molecule has 8 heteroatoms. The van der Waals surface area contributed by atoms with Crippen molar-refractivity contribution >= 4 is 27.3 Å². The largest absolute Gasteiger partial charge is 0.366 e. The maximum Gasteiger partial charge on any atom is 0.267 e. The summed E-state index contributed by atoms with van der Waals surface area (Å²) in [5.41, 5.74) is -0.816. The van der Waals surface area contributed by atoms with Crippen LogP contribution in [0.25, 0.3) is 0 Å². The maximum atomic E-state index is 13.0. The van der Waals surface area contributed by atoms with E-state index in [2.05, 4.69) is 9.71 Å². The van der Waals surface area contributed by atoms with Crippen molar-refractivity contribution in [3.8, 4) is 0 Å². The van der Waals surface area contributed by atoms with Gasteiger partial charge in [0.2, 0.25) is 5.43 Å². The minimum Gasteiger partial charge on any atom is -0.366 e. The number of nitrogens with one attached hydrogen (secondary N) is 2. The molecule has 0 aliphatic rings. The number of hydrogen-bond acceptors (Lipinski definition) is 3. The van der Waals surface area contributed by atoms with E-state index in [-0.39, 0.29) is 10.7 Å². The molecular weight excluding hydrogens is 295 g/mol. The highest BCUT2D eigenvalue weighted by atomic mass is 35.5. The molecule has 0 spiro atoms. The Morgan fingerprint density at radius 3 is 2.68 bits per heavy atom. The summed E-state index contributed by atoms with van der Waals surface area (Å²) in [6.45, 7) is 0. The van der Waals surface area contributed by atoms with Gasteiger partial charge < -0.3 is 4.98 Å². The van der Waals surface area contributed by atoms with Crippen LogP contribution in [0, 0.1) is 5.82 Å². The van der Waals surface area contributed by atoms with Gasteiger partial charge in [0.1, 0.15) is 5.82 Å². The number of anilines is 1. The average Bonchev–Trinajstić information content (AvgIpc) is 2.34. The molecule has 2 N–H and O–H groups in total. The van der Waals surface area contributed by atoms with Crippen molar-refractivity contribution in [1.29, 1.82) is 0 Å². The zero-order valence-electron chi connectivity index (χ0n) is 9.35. The standard InChI is InChI=1S/C11H8ClFN2O3S/c12-8-2-1-7(13)5-9(8)15-19(17,18)11-6-14-4-3-10(11)16/h1-6,15H,(H,14,16). The van der Waals surface area contributed by atoms with Crippen LogP contribution < -0.4 is 10.2 Å². The topological polar surface area (TPSA) is 79.0 Å². The van der Waals surface area contributed by atoms with E-state index in [4.69, 9.17) is 11.6 Å². The number of halogens is 2. The van der Waals surface area contributed by atoms with E-state index in [1.165, 1.54) is 12.3 Å². The van der Waals surface area contributed by atoms with E-state index in [0.29, 0.717) is 0 Å². The van der Waals surface area contributed by atoms with Crippen LogP contribution in [0.3, 0.4) is 0 Å². The number of pyridine rings is 1. The zero-order chi connectivity index (χ0) is 14.0. The number of aromatic nitrogens is 1. The van der Waals surface area contributed by atoms with Gasteiger partial charge >= 0.3 is 0 Å². The van der Waals surface area contributed by atoms with Gasteiger partial charge in [-0.15, -0.1) is 0 Å². The molecule has 0 aliphatic heterocycles. The van der Waals surface area contributed by atoms with Gasteiger partial charge in [0.05, 0.1) is 10.7 Å². The van der Waals surface area contributed by atoms with Gasteiger partial charge in [-0.1, -0.05) is 11.6 Å². The Labute approximate surface area is 113 Å². The molecule has 0 radical (unpaired) electrons. The van der Waals surface area contributed by atoms with E-state index in [9.17, 15) is 17.6 Å². The Morgan fingerprint density at radius 2 is 2.00 bits per heavy atom. The molecule has 19 heavy (non-hydrogen) atoms. The monoisotopic (exact) mass is 302 g/mol. The molecule has 1 aromatic carbocycles. The molecule has 0 saturated heterocycles. The van der Waals surface area contributed by atoms with Crippen LogP contribution in [0.15, 0.2) is 46.3 Å². The van der Waals surface area contributed by atoms with E-state index >= 15 is 0 Å². The van der Waals surface area contributed by atoms with Crippen molar-refractivity contribution in [2.45, 2.75) is 4.90 Å². The highest BCUT2D eigenvalue weighted by molar-refractivity contribution is 7.92. The van der Waals surface area contributed by atoms with Gasteiger partial charge in [0, 0.05) is 18.5 Å². The van der Waals surface area contributed by atoms with Crippen LogP contribution in [0.1, 0.15) is 0 Å². The SMILES string of the molecule is O=c1cc[nH]cc1S(=O)(=O)Nc1cc(F)ccc1Cl. The van der Waals surface area contributed by atoms with Crippen molar-refractivity contribution in [3.63, 3.8) is 0 Å². The summed E-state index contributed by atoms with van der Waals surface area (Å²) in [7, 11) is -4.13. The van der Waals surface area contributed by atoms with Gasteiger partial charge in [-0.2, -0.15) is 0 Å². The van der Waals surface area contributed by atoms with E-state index in [1.54, 1.807) is 0 Å². The van der Waals surface area contributed by atoms with Crippen LogP contribution in [-0.2, 0) is 10.0 Å². The molecule has 0 fully saturated rings. The lowest BCUT2D eigenvalue weighted by molar-refractivity contribution is 0.600. The summed E-state index contributed by atoms with van der Waals surface area (Å²) in [6, 6.07) is 4.30. The van der Waals surface area contributed by atoms with Crippen LogP contribution in [0.4, 0.5) is 10.1 Å². The number of aromatic amines is 1. The van der Waals surface area contributed by atoms with Crippen molar-refractivity contribution in [2.75, 3.05) is 4.72 Å². The van der Waals surface area contributed by atoms with Crippen molar-refractivity contribution in [2.24, 2.45) is 0 Å². The smallest absolute Gasteiger partial charge is 0.267 e.